The van der Waals surface area contributed by atoms with Crippen LogP contribution in [0.4, 0.5) is 0 Å². The number of hydrogen-bond donors (Lipinski definition) is 0. The van der Waals surface area contributed by atoms with Crippen molar-refractivity contribution in [2.75, 3.05) is 53.7 Å². The molecule has 0 atom stereocenters. The number of amides is 1. The fraction of sp³-hybridized carbons (Fsp3) is 0.417. The Morgan fingerprint density at radius 3 is 2.33 bits per heavy atom. The minimum atomic E-state index is -3.79. The highest BCUT2D eigenvalue weighted by atomic mass is 35.5. The summed E-state index contributed by atoms with van der Waals surface area (Å²) in [6.07, 6.45) is 0. The van der Waals surface area contributed by atoms with E-state index < -0.39 is 15.9 Å². The predicted molar refractivity (Wildman–Crippen MR) is 140 cm³/mol. The maximum Gasteiger partial charge on any atom is 0.279 e. The summed E-state index contributed by atoms with van der Waals surface area (Å²) in [5.74, 6) is -0.484. The van der Waals surface area contributed by atoms with E-state index in [9.17, 15) is 13.2 Å². The summed E-state index contributed by atoms with van der Waals surface area (Å²) in [4.78, 5) is 17.9. The smallest absolute Gasteiger partial charge is 0.279 e. The summed E-state index contributed by atoms with van der Waals surface area (Å²) in [6, 6.07) is 11.3. The molecule has 0 saturated heterocycles. The first-order valence-electron chi connectivity index (χ1n) is 11.4. The van der Waals surface area contributed by atoms with Gasteiger partial charge in [-0.1, -0.05) is 29.0 Å². The number of methoxy groups -OCH3 is 2. The first-order chi connectivity index (χ1) is 17.3. The average Bonchev–Trinajstić information content (AvgIpc) is 3.22. The van der Waals surface area contributed by atoms with Crippen molar-refractivity contribution >= 4 is 49.1 Å². The molecule has 0 unspecified atom stereocenters. The standard InChI is InChI=1S/C24H30ClN3O6S2/c1-4-34-17-14-28-22-20(25)6-5-7-21(22)35-24(28)26-23(29)18-8-10-19(11-9-18)36(30,31)27(12-15-32-2)13-16-33-3/h5-11H,4,12-17H2,1-3H3. The fourth-order valence-corrected chi connectivity index (χ4v) is 6.31. The van der Waals surface area contributed by atoms with Crippen molar-refractivity contribution in [3.63, 3.8) is 0 Å². The van der Waals surface area contributed by atoms with Gasteiger partial charge < -0.3 is 18.8 Å². The van der Waals surface area contributed by atoms with Gasteiger partial charge in [0.2, 0.25) is 10.0 Å². The molecule has 1 heterocycles. The number of para-hydroxylation sites is 1. The van der Waals surface area contributed by atoms with E-state index in [2.05, 4.69) is 4.99 Å². The lowest BCUT2D eigenvalue weighted by Gasteiger charge is -2.21. The van der Waals surface area contributed by atoms with Gasteiger partial charge >= 0.3 is 0 Å². The van der Waals surface area contributed by atoms with Gasteiger partial charge in [0.25, 0.3) is 5.91 Å². The van der Waals surface area contributed by atoms with Crippen LogP contribution in [0.25, 0.3) is 10.2 Å². The van der Waals surface area contributed by atoms with Crippen LogP contribution in [0.15, 0.2) is 52.4 Å². The third-order valence-electron chi connectivity index (χ3n) is 5.34. The van der Waals surface area contributed by atoms with E-state index in [4.69, 9.17) is 25.8 Å². The minimum Gasteiger partial charge on any atom is -0.383 e. The molecule has 1 amide bonds. The summed E-state index contributed by atoms with van der Waals surface area (Å²) in [5, 5.41) is 0.565. The van der Waals surface area contributed by atoms with Gasteiger partial charge in [0.05, 0.1) is 40.0 Å². The van der Waals surface area contributed by atoms with Gasteiger partial charge in [-0.05, 0) is 43.3 Å². The molecule has 0 aliphatic rings. The number of hydrogen-bond acceptors (Lipinski definition) is 7. The van der Waals surface area contributed by atoms with Crippen LogP contribution < -0.4 is 4.80 Å². The largest absolute Gasteiger partial charge is 0.383 e. The second-order valence-corrected chi connectivity index (χ2v) is 11.0. The second-order valence-electron chi connectivity index (χ2n) is 7.65. The van der Waals surface area contributed by atoms with Crippen molar-refractivity contribution in [1.82, 2.24) is 8.87 Å². The average molecular weight is 556 g/mol. The van der Waals surface area contributed by atoms with Crippen LogP contribution in [0, 0.1) is 0 Å². The highest BCUT2D eigenvalue weighted by Gasteiger charge is 2.24. The molecular formula is C24H30ClN3O6S2. The van der Waals surface area contributed by atoms with E-state index in [-0.39, 0.29) is 36.8 Å². The number of carbonyl (C=O) groups excluding carboxylic acids is 1. The molecule has 9 nitrogen and oxygen atoms in total. The zero-order chi connectivity index (χ0) is 26.1. The van der Waals surface area contributed by atoms with Gasteiger partial charge in [-0.2, -0.15) is 9.30 Å². The van der Waals surface area contributed by atoms with E-state index in [0.29, 0.717) is 29.6 Å². The third-order valence-corrected chi connectivity index (χ3v) is 8.60. The van der Waals surface area contributed by atoms with Crippen LogP contribution >= 0.6 is 22.9 Å². The van der Waals surface area contributed by atoms with Gasteiger partial charge in [-0.25, -0.2) is 8.42 Å². The van der Waals surface area contributed by atoms with Crippen LogP contribution in [0.3, 0.4) is 0 Å². The van der Waals surface area contributed by atoms with Crippen molar-refractivity contribution in [3.05, 3.63) is 57.9 Å². The number of rotatable bonds is 13. The first kappa shape index (κ1) is 28.5. The number of benzene rings is 2. The van der Waals surface area contributed by atoms with Crippen LogP contribution in [0.2, 0.25) is 5.02 Å². The molecule has 0 bridgehead atoms. The predicted octanol–water partition coefficient (Wildman–Crippen LogP) is 3.42. The zero-order valence-corrected chi connectivity index (χ0v) is 22.9. The Labute approximate surface area is 219 Å². The molecule has 0 aliphatic carbocycles. The van der Waals surface area contributed by atoms with Crippen molar-refractivity contribution in [3.8, 4) is 0 Å². The molecule has 0 N–H and O–H groups in total. The van der Waals surface area contributed by atoms with Crippen LogP contribution in [-0.4, -0.2) is 76.9 Å². The molecule has 12 heteroatoms. The Morgan fingerprint density at radius 2 is 1.72 bits per heavy atom. The fourth-order valence-electron chi connectivity index (χ4n) is 3.49. The molecule has 0 spiro atoms. The van der Waals surface area contributed by atoms with Gasteiger partial charge in [0.1, 0.15) is 0 Å². The topological polar surface area (TPSA) is 99.4 Å². The number of carbonyl (C=O) groups is 1. The molecule has 0 saturated carbocycles. The summed E-state index contributed by atoms with van der Waals surface area (Å²) in [6.45, 7) is 4.30. The Morgan fingerprint density at radius 1 is 1.06 bits per heavy atom. The van der Waals surface area contributed by atoms with Crippen LogP contribution in [-0.2, 0) is 30.8 Å². The normalized spacial score (nSPS) is 12.6. The Balaban J connectivity index is 1.91. The number of sulfonamides is 1. The molecule has 0 fully saturated rings. The lowest BCUT2D eigenvalue weighted by molar-refractivity contribution is 0.0996. The highest BCUT2D eigenvalue weighted by molar-refractivity contribution is 7.89. The van der Waals surface area contributed by atoms with E-state index in [1.54, 1.807) is 6.07 Å². The molecule has 2 aromatic carbocycles. The van der Waals surface area contributed by atoms with Crippen LogP contribution in [0.1, 0.15) is 17.3 Å². The number of aromatic nitrogens is 1. The molecule has 3 rings (SSSR count). The van der Waals surface area contributed by atoms with Gasteiger partial charge in [-0.15, -0.1) is 0 Å². The summed E-state index contributed by atoms with van der Waals surface area (Å²) in [7, 11) is -0.768. The Kier molecular flexibility index (Phi) is 10.6. The summed E-state index contributed by atoms with van der Waals surface area (Å²) in [5.41, 5.74) is 1.07. The number of ether oxygens (including phenoxy) is 3. The lowest BCUT2D eigenvalue weighted by Crippen LogP contribution is -2.36. The van der Waals surface area contributed by atoms with Gasteiger partial charge in [0, 0.05) is 46.0 Å². The third kappa shape index (κ3) is 6.80. The van der Waals surface area contributed by atoms with Crippen molar-refractivity contribution in [2.24, 2.45) is 4.99 Å². The summed E-state index contributed by atoms with van der Waals surface area (Å²) >= 11 is 7.79. The second kappa shape index (κ2) is 13.4. The number of nitrogens with zero attached hydrogens (tertiary/aromatic N) is 3. The van der Waals surface area contributed by atoms with Crippen molar-refractivity contribution in [1.29, 1.82) is 0 Å². The van der Waals surface area contributed by atoms with E-state index >= 15 is 0 Å². The maximum absolute atomic E-state index is 13.1. The Hall–Kier alpha value is -2.12. The molecule has 36 heavy (non-hydrogen) atoms. The van der Waals surface area contributed by atoms with E-state index in [1.165, 1.54) is 54.1 Å². The van der Waals surface area contributed by atoms with Crippen molar-refractivity contribution in [2.45, 2.75) is 18.4 Å². The molecule has 0 radical (unpaired) electrons. The number of thiazole rings is 1. The minimum absolute atomic E-state index is 0.0756. The SMILES string of the molecule is CCOCCn1c(=NC(=O)c2ccc(S(=O)(=O)N(CCOC)CCOC)cc2)sc2cccc(Cl)c21. The highest BCUT2D eigenvalue weighted by Crippen LogP contribution is 2.25. The van der Waals surface area contributed by atoms with Crippen LogP contribution in [0.5, 0.6) is 0 Å². The monoisotopic (exact) mass is 555 g/mol. The Bertz CT molecular complexity index is 1330. The maximum atomic E-state index is 13.1. The van der Waals surface area contributed by atoms with Crippen molar-refractivity contribution < 1.29 is 27.4 Å². The number of fused-ring (bicyclic) bond motifs is 1. The molecule has 1 aromatic heterocycles. The summed E-state index contributed by atoms with van der Waals surface area (Å²) < 4.78 is 45.8. The van der Waals surface area contributed by atoms with E-state index in [1.807, 2.05) is 23.6 Å². The quantitative estimate of drug-likeness (QED) is 0.300. The lowest BCUT2D eigenvalue weighted by atomic mass is 10.2. The van der Waals surface area contributed by atoms with Gasteiger partial charge in [-0.3, -0.25) is 4.79 Å². The zero-order valence-electron chi connectivity index (χ0n) is 20.5. The van der Waals surface area contributed by atoms with E-state index in [0.717, 1.165) is 10.2 Å². The molecule has 196 valence electrons. The number of halogens is 1. The molecular weight excluding hydrogens is 526 g/mol. The molecule has 0 aliphatic heterocycles. The first-order valence-corrected chi connectivity index (χ1v) is 14.0. The molecule has 3 aromatic rings. The van der Waals surface area contributed by atoms with Gasteiger partial charge in [0.15, 0.2) is 4.80 Å².